The van der Waals surface area contributed by atoms with E-state index in [2.05, 4.69) is 25.4 Å². The van der Waals surface area contributed by atoms with Crippen molar-refractivity contribution in [3.05, 3.63) is 107 Å². The predicted molar refractivity (Wildman–Crippen MR) is 165 cm³/mol. The van der Waals surface area contributed by atoms with E-state index in [0.29, 0.717) is 18.7 Å². The van der Waals surface area contributed by atoms with Crippen molar-refractivity contribution in [3.8, 4) is 11.1 Å². The Balaban J connectivity index is 1.18. The largest absolute Gasteiger partial charge is 0.334 e. The first-order valence-electron chi connectivity index (χ1n) is 15.2. The van der Waals surface area contributed by atoms with Gasteiger partial charge in [0.05, 0.1) is 13.1 Å². The first-order valence-corrected chi connectivity index (χ1v) is 15.2. The summed E-state index contributed by atoms with van der Waals surface area (Å²) < 4.78 is 2.14. The SMILES string of the molecule is Cc1cc(C(=O)N2Cc3ccc(C(=O)N4CCC[C@H]4CN4CCCC4)n3Cc3ccccc32)ccc1-c1ccncc1. The number of nitrogens with zero attached hydrogens (tertiary/aromatic N) is 5. The smallest absolute Gasteiger partial charge is 0.270 e. The van der Waals surface area contributed by atoms with Gasteiger partial charge in [-0.25, -0.2) is 0 Å². The maximum absolute atomic E-state index is 14.1. The van der Waals surface area contributed by atoms with Gasteiger partial charge in [0.15, 0.2) is 0 Å². The Bertz CT molecular complexity index is 1620. The molecule has 7 rings (SSSR count). The van der Waals surface area contributed by atoms with E-state index < -0.39 is 0 Å². The van der Waals surface area contributed by atoms with Gasteiger partial charge in [-0.2, -0.15) is 0 Å². The third-order valence-electron chi connectivity index (χ3n) is 9.24. The lowest BCUT2D eigenvalue weighted by Gasteiger charge is -2.29. The van der Waals surface area contributed by atoms with E-state index in [-0.39, 0.29) is 17.9 Å². The fourth-order valence-corrected chi connectivity index (χ4v) is 7.04. The van der Waals surface area contributed by atoms with E-state index in [4.69, 9.17) is 0 Å². The first-order chi connectivity index (χ1) is 20.6. The molecule has 2 fully saturated rings. The lowest BCUT2D eigenvalue weighted by molar-refractivity contribution is 0.0698. The highest BCUT2D eigenvalue weighted by Crippen LogP contribution is 2.32. The number of hydrogen-bond donors (Lipinski definition) is 0. The standard InChI is InChI=1S/C35H37N5O2/c1-25-21-27(10-12-31(25)26-14-16-36-17-15-26)34(41)40-24-30-11-13-33(39(30)22-28-7-2-3-9-32(28)40)35(42)38-20-6-8-29(38)23-37-18-4-5-19-37/h2-3,7,9-17,21,29H,4-6,8,18-20,22-24H2,1H3/t29-/m0/s1. The number of para-hydroxylation sites is 1. The van der Waals surface area contributed by atoms with Crippen LogP contribution in [-0.2, 0) is 13.1 Å². The summed E-state index contributed by atoms with van der Waals surface area (Å²) in [6, 6.07) is 22.2. The van der Waals surface area contributed by atoms with E-state index in [1.165, 1.54) is 12.8 Å². The van der Waals surface area contributed by atoms with Gasteiger partial charge in [0.1, 0.15) is 5.69 Å². The number of benzene rings is 2. The maximum Gasteiger partial charge on any atom is 0.270 e. The van der Waals surface area contributed by atoms with Gasteiger partial charge >= 0.3 is 0 Å². The molecule has 0 saturated carbocycles. The van der Waals surface area contributed by atoms with Gasteiger partial charge < -0.3 is 19.3 Å². The van der Waals surface area contributed by atoms with Crippen LogP contribution in [0.3, 0.4) is 0 Å². The molecular formula is C35H37N5O2. The van der Waals surface area contributed by atoms with Crippen molar-refractivity contribution in [3.63, 3.8) is 0 Å². The molecule has 0 radical (unpaired) electrons. The van der Waals surface area contributed by atoms with Crippen LogP contribution in [0.4, 0.5) is 5.69 Å². The van der Waals surface area contributed by atoms with E-state index in [9.17, 15) is 9.59 Å². The first kappa shape index (κ1) is 26.7. The van der Waals surface area contributed by atoms with E-state index in [1.807, 2.05) is 72.5 Å². The lowest BCUT2D eigenvalue weighted by atomic mass is 9.98. The van der Waals surface area contributed by atoms with Crippen LogP contribution >= 0.6 is 0 Å². The number of rotatable bonds is 5. The highest BCUT2D eigenvalue weighted by Gasteiger charge is 2.34. The van der Waals surface area contributed by atoms with Crippen LogP contribution in [0.25, 0.3) is 11.1 Å². The molecule has 0 N–H and O–H groups in total. The Kier molecular flexibility index (Phi) is 7.12. The zero-order valence-corrected chi connectivity index (χ0v) is 24.2. The minimum absolute atomic E-state index is 0.0421. The van der Waals surface area contributed by atoms with Gasteiger partial charge in [0.2, 0.25) is 0 Å². The topological polar surface area (TPSA) is 61.7 Å². The Morgan fingerprint density at radius 2 is 1.67 bits per heavy atom. The summed E-state index contributed by atoms with van der Waals surface area (Å²) in [5.74, 6) is 0.0714. The number of pyridine rings is 1. The van der Waals surface area contributed by atoms with Crippen LogP contribution in [0.5, 0.6) is 0 Å². The van der Waals surface area contributed by atoms with Crippen molar-refractivity contribution < 1.29 is 9.59 Å². The normalized spacial score (nSPS) is 18.5. The molecule has 0 unspecified atom stereocenters. The molecule has 2 aromatic carbocycles. The van der Waals surface area contributed by atoms with Crippen molar-refractivity contribution in [1.82, 2.24) is 19.4 Å². The molecule has 2 aromatic heterocycles. The Labute approximate surface area is 247 Å². The van der Waals surface area contributed by atoms with Crippen LogP contribution in [0.1, 0.15) is 63.4 Å². The molecule has 0 spiro atoms. The molecule has 5 heterocycles. The summed E-state index contributed by atoms with van der Waals surface area (Å²) in [6.07, 6.45) is 8.22. The number of amides is 2. The zero-order chi connectivity index (χ0) is 28.6. The van der Waals surface area contributed by atoms with Crippen molar-refractivity contribution >= 4 is 17.5 Å². The van der Waals surface area contributed by atoms with E-state index >= 15 is 0 Å². The van der Waals surface area contributed by atoms with Crippen molar-refractivity contribution in [1.29, 1.82) is 0 Å². The average Bonchev–Trinajstić information content (AvgIpc) is 3.77. The van der Waals surface area contributed by atoms with Gasteiger partial charge in [-0.1, -0.05) is 24.3 Å². The van der Waals surface area contributed by atoms with Gasteiger partial charge in [0, 0.05) is 48.5 Å². The second-order valence-electron chi connectivity index (χ2n) is 11.9. The lowest BCUT2D eigenvalue weighted by Crippen LogP contribution is -2.43. The van der Waals surface area contributed by atoms with Crippen LogP contribution in [0.15, 0.2) is 79.1 Å². The van der Waals surface area contributed by atoms with Gasteiger partial charge in [0.25, 0.3) is 11.8 Å². The molecule has 3 aliphatic heterocycles. The summed E-state index contributed by atoms with van der Waals surface area (Å²) in [7, 11) is 0. The average molecular weight is 560 g/mol. The molecule has 7 nitrogen and oxygen atoms in total. The molecule has 0 bridgehead atoms. The maximum atomic E-state index is 14.1. The van der Waals surface area contributed by atoms with Crippen molar-refractivity contribution in [2.45, 2.75) is 51.7 Å². The molecule has 2 saturated heterocycles. The minimum Gasteiger partial charge on any atom is -0.334 e. The number of fused-ring (bicyclic) bond motifs is 2. The highest BCUT2D eigenvalue weighted by atomic mass is 16.2. The monoisotopic (exact) mass is 559 g/mol. The Hall–Kier alpha value is -4.23. The Morgan fingerprint density at radius 3 is 2.48 bits per heavy atom. The molecule has 7 heteroatoms. The van der Waals surface area contributed by atoms with Crippen molar-refractivity contribution in [2.75, 3.05) is 31.1 Å². The Morgan fingerprint density at radius 1 is 0.857 bits per heavy atom. The van der Waals surface area contributed by atoms with Crippen LogP contribution < -0.4 is 4.90 Å². The van der Waals surface area contributed by atoms with Crippen LogP contribution in [-0.4, -0.2) is 63.4 Å². The number of carbonyl (C=O) groups excluding carboxylic acids is 2. The summed E-state index contributed by atoms with van der Waals surface area (Å²) in [4.78, 5) is 38.7. The minimum atomic E-state index is -0.0421. The molecular weight excluding hydrogens is 522 g/mol. The number of aromatic nitrogens is 2. The molecule has 42 heavy (non-hydrogen) atoms. The molecule has 214 valence electrons. The van der Waals surface area contributed by atoms with Crippen LogP contribution in [0, 0.1) is 6.92 Å². The number of anilines is 1. The number of aryl methyl sites for hydroxylation is 1. The second-order valence-corrected chi connectivity index (χ2v) is 11.9. The number of carbonyl (C=O) groups is 2. The van der Waals surface area contributed by atoms with Gasteiger partial charge in [-0.05, 0) is 110 Å². The van der Waals surface area contributed by atoms with Gasteiger partial charge in [-0.15, -0.1) is 0 Å². The van der Waals surface area contributed by atoms with Crippen molar-refractivity contribution in [2.24, 2.45) is 0 Å². The van der Waals surface area contributed by atoms with E-state index in [0.717, 1.165) is 78.3 Å². The molecule has 1 atom stereocenters. The number of likely N-dealkylation sites (tertiary alicyclic amines) is 2. The third-order valence-corrected chi connectivity index (χ3v) is 9.24. The predicted octanol–water partition coefficient (Wildman–Crippen LogP) is 5.77. The zero-order valence-electron chi connectivity index (χ0n) is 24.2. The summed E-state index contributed by atoms with van der Waals surface area (Å²) in [5.41, 5.74) is 7.50. The van der Waals surface area contributed by atoms with Gasteiger partial charge in [-0.3, -0.25) is 14.6 Å². The molecule has 3 aliphatic rings. The van der Waals surface area contributed by atoms with E-state index in [1.54, 1.807) is 12.4 Å². The highest BCUT2D eigenvalue weighted by molar-refractivity contribution is 6.07. The third kappa shape index (κ3) is 4.92. The number of hydrogen-bond acceptors (Lipinski definition) is 4. The fraction of sp³-hybridized carbons (Fsp3) is 0.343. The quantitative estimate of drug-likeness (QED) is 0.312. The second kappa shape index (κ2) is 11.2. The van der Waals surface area contributed by atoms with Crippen LogP contribution in [0.2, 0.25) is 0 Å². The molecule has 2 amide bonds. The fourth-order valence-electron chi connectivity index (χ4n) is 7.04. The summed E-state index contributed by atoms with van der Waals surface area (Å²) in [6.45, 7) is 7.09. The summed E-state index contributed by atoms with van der Waals surface area (Å²) in [5, 5.41) is 0. The molecule has 4 aromatic rings. The summed E-state index contributed by atoms with van der Waals surface area (Å²) >= 11 is 0. The molecule has 0 aliphatic carbocycles.